The van der Waals surface area contributed by atoms with E-state index in [-0.39, 0.29) is 44.9 Å². The lowest BCUT2D eigenvalue weighted by molar-refractivity contribution is 0.194. The summed E-state index contributed by atoms with van der Waals surface area (Å²) in [5.41, 5.74) is 22.7. The van der Waals surface area contributed by atoms with Crippen LogP contribution in [0.3, 0.4) is 0 Å². The molecule has 2 saturated carbocycles. The third-order valence-corrected chi connectivity index (χ3v) is 19.3. The zero-order valence-electron chi connectivity index (χ0n) is 42.5. The van der Waals surface area contributed by atoms with Crippen LogP contribution in [0.4, 0.5) is 22.7 Å². The lowest BCUT2D eigenvalue weighted by Gasteiger charge is -2.54. The lowest BCUT2D eigenvalue weighted by atomic mass is 9.33. The van der Waals surface area contributed by atoms with Crippen molar-refractivity contribution in [1.29, 1.82) is 0 Å². The van der Waals surface area contributed by atoms with Crippen molar-refractivity contribution in [2.75, 3.05) is 9.80 Å². The van der Waals surface area contributed by atoms with Crippen LogP contribution in [0.5, 0.6) is 0 Å². The Morgan fingerprint density at radius 2 is 1.13 bits per heavy atom. The fraction of sp³-hybridized carbons (Fsp3) is 0.429. The van der Waals surface area contributed by atoms with Gasteiger partial charge in [0.05, 0.1) is 16.6 Å². The van der Waals surface area contributed by atoms with Crippen molar-refractivity contribution in [3.8, 4) is 5.69 Å². The number of benzene rings is 6. The average molecular weight is 880 g/mol. The van der Waals surface area contributed by atoms with Crippen molar-refractivity contribution in [3.63, 3.8) is 0 Å². The molecule has 4 heteroatoms. The largest absolute Gasteiger partial charge is 0.335 e. The van der Waals surface area contributed by atoms with E-state index in [1.54, 1.807) is 5.56 Å². The minimum absolute atomic E-state index is 0.0229. The van der Waals surface area contributed by atoms with Gasteiger partial charge in [-0.1, -0.05) is 168 Å². The van der Waals surface area contributed by atoms with Crippen LogP contribution in [0.1, 0.15) is 168 Å². The van der Waals surface area contributed by atoms with Gasteiger partial charge in [0.2, 0.25) is 0 Å². The third kappa shape index (κ3) is 5.11. The number of hydrogen-bond acceptors (Lipinski definition) is 2. The Kier molecular flexibility index (Phi) is 8.20. The van der Waals surface area contributed by atoms with Crippen LogP contribution in [-0.4, -0.2) is 22.4 Å². The molecule has 0 radical (unpaired) electrons. The monoisotopic (exact) mass is 880 g/mol. The number of rotatable bonds is 2. The van der Waals surface area contributed by atoms with Gasteiger partial charge in [-0.15, -0.1) is 0 Å². The molecule has 13 rings (SSSR count). The number of para-hydroxylation sites is 1. The van der Waals surface area contributed by atoms with Gasteiger partial charge >= 0.3 is 0 Å². The van der Waals surface area contributed by atoms with Crippen LogP contribution in [0.15, 0.2) is 109 Å². The first-order chi connectivity index (χ1) is 31.7. The molecular formula is C63H70BN3. The molecule has 1 aromatic heterocycles. The van der Waals surface area contributed by atoms with E-state index in [1.807, 2.05) is 0 Å². The summed E-state index contributed by atoms with van der Waals surface area (Å²) < 4.78 is 2.75. The maximum absolute atomic E-state index is 2.96. The van der Waals surface area contributed by atoms with Gasteiger partial charge in [-0.25, -0.2) is 0 Å². The van der Waals surface area contributed by atoms with E-state index in [2.05, 4.69) is 207 Å². The zero-order chi connectivity index (χ0) is 46.6. The standard InChI is InChI=1S/C63H70BN3/c1-57(2,3)40-25-27-50-44(33-40)45-34-42(59(7,8)9)36-49-55(45)65(50)52-37-43(66-51-28-26-41(58(4,5)6)35-47(51)60(10)29-16-17-30-61(60,66)11)38-53-54(52)64(49)48-24-20-23-46-56(48)67(53)62(12)31-18-19-32-63(46,62)39-21-14-13-15-22-39/h13-15,20-28,33-38H,16-19,29-32H2,1-12H3. The molecule has 3 nitrogen and oxygen atoms in total. The van der Waals surface area contributed by atoms with E-state index in [0.717, 1.165) is 12.8 Å². The molecule has 2 aliphatic carbocycles. The van der Waals surface area contributed by atoms with Gasteiger partial charge in [0, 0.05) is 55.6 Å². The van der Waals surface area contributed by atoms with Gasteiger partial charge in [0.15, 0.2) is 0 Å². The van der Waals surface area contributed by atoms with Crippen molar-refractivity contribution < 1.29 is 0 Å². The highest BCUT2D eigenvalue weighted by molar-refractivity contribution is 7.00. The predicted octanol–water partition coefficient (Wildman–Crippen LogP) is 14.3. The molecule has 0 spiro atoms. The van der Waals surface area contributed by atoms with Crippen molar-refractivity contribution in [2.24, 2.45) is 0 Å². The second kappa shape index (κ2) is 13.1. The van der Waals surface area contributed by atoms with E-state index in [4.69, 9.17) is 0 Å². The van der Waals surface area contributed by atoms with Crippen molar-refractivity contribution in [1.82, 2.24) is 4.57 Å². The first-order valence-corrected chi connectivity index (χ1v) is 26.0. The number of hydrogen-bond donors (Lipinski definition) is 0. The number of anilines is 4. The fourth-order valence-corrected chi connectivity index (χ4v) is 15.5. The Labute approximate surface area is 401 Å². The highest BCUT2D eigenvalue weighted by Crippen LogP contribution is 2.66. The molecule has 5 heterocycles. The van der Waals surface area contributed by atoms with Crippen LogP contribution < -0.4 is 26.2 Å². The first-order valence-electron chi connectivity index (χ1n) is 26.0. The summed E-state index contributed by atoms with van der Waals surface area (Å²) in [6, 6.07) is 44.9. The molecule has 6 aromatic carbocycles. The predicted molar refractivity (Wildman–Crippen MR) is 287 cm³/mol. The molecule has 4 unspecified atom stereocenters. The van der Waals surface area contributed by atoms with Crippen LogP contribution in [0.25, 0.3) is 27.5 Å². The number of nitrogens with zero attached hydrogens (tertiary/aromatic N) is 3. The van der Waals surface area contributed by atoms with Crippen molar-refractivity contribution in [3.05, 3.63) is 143 Å². The summed E-state index contributed by atoms with van der Waals surface area (Å²) in [5.74, 6) is 0. The summed E-state index contributed by atoms with van der Waals surface area (Å²) in [5, 5.41) is 2.77. The van der Waals surface area contributed by atoms with E-state index in [1.165, 1.54) is 133 Å². The van der Waals surface area contributed by atoms with Crippen LogP contribution in [-0.2, 0) is 27.1 Å². The van der Waals surface area contributed by atoms with E-state index < -0.39 is 0 Å². The second-order valence-corrected chi connectivity index (χ2v) is 25.8. The van der Waals surface area contributed by atoms with Crippen LogP contribution in [0.2, 0.25) is 0 Å². The summed E-state index contributed by atoms with van der Waals surface area (Å²) in [7, 11) is 0. The summed E-state index contributed by atoms with van der Waals surface area (Å²) >= 11 is 0. The maximum Gasteiger partial charge on any atom is 0.252 e. The number of fused-ring (bicyclic) bond motifs is 13. The van der Waals surface area contributed by atoms with Gasteiger partial charge in [-0.05, 0) is 142 Å². The second-order valence-electron chi connectivity index (χ2n) is 25.8. The normalized spacial score (nSPS) is 25.9. The summed E-state index contributed by atoms with van der Waals surface area (Å²) in [6.07, 6.45) is 9.70. The summed E-state index contributed by atoms with van der Waals surface area (Å²) in [4.78, 5) is 5.84. The van der Waals surface area contributed by atoms with E-state index >= 15 is 0 Å². The zero-order valence-corrected chi connectivity index (χ0v) is 42.5. The SMILES string of the molecule is CC(C)(C)c1ccc2c(c1)C1(C)CCCCC1(C)N2c1cc2c3c(c1)-n1c4ccc(C(C)(C)C)cc4c4cc(C(C)(C)C)cc(c41)B3c1cccc3c1N2C1(C)CCCCC31c1ccccc1. The van der Waals surface area contributed by atoms with Gasteiger partial charge in [0.25, 0.3) is 6.71 Å². The summed E-state index contributed by atoms with van der Waals surface area (Å²) in [6.45, 7) is 29.5. The molecule has 6 aliphatic rings. The van der Waals surface area contributed by atoms with E-state index in [9.17, 15) is 0 Å². The van der Waals surface area contributed by atoms with Gasteiger partial charge in [0.1, 0.15) is 0 Å². The molecule has 340 valence electrons. The smallest absolute Gasteiger partial charge is 0.252 e. The fourth-order valence-electron chi connectivity index (χ4n) is 15.5. The van der Waals surface area contributed by atoms with Crippen LogP contribution >= 0.6 is 0 Å². The molecule has 67 heavy (non-hydrogen) atoms. The van der Waals surface area contributed by atoms with Crippen molar-refractivity contribution in [2.45, 2.75) is 173 Å². The lowest BCUT2D eigenvalue weighted by Crippen LogP contribution is -2.64. The molecule has 0 saturated heterocycles. The van der Waals surface area contributed by atoms with Gasteiger partial charge < -0.3 is 14.4 Å². The topological polar surface area (TPSA) is 11.4 Å². The Hall–Kier alpha value is -5.22. The Balaban J connectivity index is 1.19. The molecule has 0 N–H and O–H groups in total. The van der Waals surface area contributed by atoms with Crippen molar-refractivity contribution >= 4 is 67.7 Å². The molecule has 4 aliphatic heterocycles. The Bertz CT molecular complexity index is 3280. The minimum atomic E-state index is -0.167. The van der Waals surface area contributed by atoms with Crippen LogP contribution in [0, 0.1) is 0 Å². The quantitative estimate of drug-likeness (QED) is 0.160. The van der Waals surface area contributed by atoms with Gasteiger partial charge in [-0.3, -0.25) is 0 Å². The Morgan fingerprint density at radius 3 is 1.87 bits per heavy atom. The average Bonchev–Trinajstić information content (AvgIpc) is 3.83. The molecule has 0 bridgehead atoms. The molecule has 4 atom stereocenters. The molecule has 7 aromatic rings. The highest BCUT2D eigenvalue weighted by atomic mass is 15.3. The number of aromatic nitrogens is 1. The highest BCUT2D eigenvalue weighted by Gasteiger charge is 2.64. The van der Waals surface area contributed by atoms with E-state index in [0.29, 0.717) is 0 Å². The maximum atomic E-state index is 2.96. The third-order valence-electron chi connectivity index (χ3n) is 19.3. The van der Waals surface area contributed by atoms with Gasteiger partial charge in [-0.2, -0.15) is 0 Å². The molecule has 2 fully saturated rings. The molecular weight excluding hydrogens is 810 g/mol. The Morgan fingerprint density at radius 1 is 0.493 bits per heavy atom. The first kappa shape index (κ1) is 41.9. The molecule has 0 amide bonds. The minimum Gasteiger partial charge on any atom is -0.335 e.